The summed E-state index contributed by atoms with van der Waals surface area (Å²) in [6.07, 6.45) is 2.57. The van der Waals surface area contributed by atoms with E-state index in [4.69, 9.17) is 0 Å². The molecular weight excluding hydrogens is 433 g/mol. The summed E-state index contributed by atoms with van der Waals surface area (Å²) in [6, 6.07) is 21.1. The van der Waals surface area contributed by atoms with Gasteiger partial charge in [-0.2, -0.15) is 0 Å². The number of allylic oxidation sites excluding steroid dienone is 1. The summed E-state index contributed by atoms with van der Waals surface area (Å²) < 4.78 is 1.19. The molecule has 0 amide bonds. The molecule has 2 nitrogen and oxygen atoms in total. The van der Waals surface area contributed by atoms with Gasteiger partial charge in [0.15, 0.2) is 5.78 Å². The van der Waals surface area contributed by atoms with Crippen LogP contribution in [0.2, 0.25) is 0 Å². The first kappa shape index (κ1) is 16.1. The van der Waals surface area contributed by atoms with Gasteiger partial charge in [-0.1, -0.05) is 48.5 Å². The van der Waals surface area contributed by atoms with Crippen molar-refractivity contribution >= 4 is 50.4 Å². The lowest BCUT2D eigenvalue weighted by atomic mass is 9.77. The number of carbonyl (C=O) groups is 1. The van der Waals surface area contributed by atoms with Gasteiger partial charge in [0.25, 0.3) is 0 Å². The number of rotatable bonds is 1. The average molecular weight is 451 g/mol. The minimum Gasteiger partial charge on any atom is -0.373 e. The Labute approximate surface area is 166 Å². The van der Waals surface area contributed by atoms with Gasteiger partial charge < -0.3 is 5.32 Å². The first-order valence-corrected chi connectivity index (χ1v) is 10.1. The predicted octanol–water partition coefficient (Wildman–Crippen LogP) is 6.12. The molecular formula is C23H18INO. The maximum atomic E-state index is 13.0. The van der Waals surface area contributed by atoms with Crippen LogP contribution in [0, 0.1) is 3.57 Å². The van der Waals surface area contributed by atoms with Gasteiger partial charge in [-0.15, -0.1) is 0 Å². The lowest BCUT2D eigenvalue weighted by Crippen LogP contribution is -2.27. The highest BCUT2D eigenvalue weighted by atomic mass is 127. The fourth-order valence-electron chi connectivity index (χ4n) is 4.35. The van der Waals surface area contributed by atoms with Crippen LogP contribution in [0.5, 0.6) is 0 Å². The first-order valence-electron chi connectivity index (χ1n) is 9.03. The van der Waals surface area contributed by atoms with E-state index in [-0.39, 0.29) is 6.04 Å². The lowest BCUT2D eigenvalue weighted by Gasteiger charge is -2.35. The first-order chi connectivity index (χ1) is 12.7. The number of fused-ring (bicyclic) bond motifs is 4. The van der Waals surface area contributed by atoms with Crippen LogP contribution >= 0.6 is 22.6 Å². The number of hydrogen-bond donors (Lipinski definition) is 1. The molecule has 5 rings (SSSR count). The third-order valence-electron chi connectivity index (χ3n) is 5.49. The second-order valence-electron chi connectivity index (χ2n) is 6.98. The Balaban J connectivity index is 1.81. The Bertz CT molecular complexity index is 1080. The van der Waals surface area contributed by atoms with Crippen molar-refractivity contribution in [3.05, 3.63) is 80.9 Å². The molecule has 0 spiro atoms. The summed E-state index contributed by atoms with van der Waals surface area (Å²) in [4.78, 5) is 13.0. The molecule has 0 bridgehead atoms. The van der Waals surface area contributed by atoms with Crippen molar-refractivity contribution in [3.8, 4) is 0 Å². The SMILES string of the molecule is O=C1CCCC2=C1[C@@H](c1ccccc1I)Nc1ccc3ccccc3c12. The van der Waals surface area contributed by atoms with Crippen molar-refractivity contribution in [2.75, 3.05) is 5.32 Å². The van der Waals surface area contributed by atoms with Crippen molar-refractivity contribution in [1.82, 2.24) is 0 Å². The Kier molecular flexibility index (Phi) is 3.85. The molecule has 2 aliphatic rings. The van der Waals surface area contributed by atoms with E-state index >= 15 is 0 Å². The third-order valence-corrected chi connectivity index (χ3v) is 6.47. The van der Waals surface area contributed by atoms with Gasteiger partial charge in [-0.05, 0) is 69.5 Å². The number of Topliss-reactive ketones (excluding diaryl/α,β-unsaturated/α-hetero) is 1. The van der Waals surface area contributed by atoms with Crippen LogP contribution in [0.1, 0.15) is 36.4 Å². The maximum absolute atomic E-state index is 13.0. The van der Waals surface area contributed by atoms with Crippen molar-refractivity contribution in [1.29, 1.82) is 0 Å². The summed E-state index contributed by atoms with van der Waals surface area (Å²) in [7, 11) is 0. The zero-order valence-corrected chi connectivity index (χ0v) is 16.4. The number of nitrogens with one attached hydrogen (secondary N) is 1. The van der Waals surface area contributed by atoms with Crippen molar-refractivity contribution in [2.24, 2.45) is 0 Å². The molecule has 1 heterocycles. The Hall–Kier alpha value is -2.14. The number of halogens is 1. The summed E-state index contributed by atoms with van der Waals surface area (Å²) in [5.41, 5.74) is 5.78. The van der Waals surface area contributed by atoms with Crippen LogP contribution in [0.3, 0.4) is 0 Å². The van der Waals surface area contributed by atoms with E-state index in [1.165, 1.54) is 31.0 Å². The molecule has 0 saturated carbocycles. The zero-order valence-electron chi connectivity index (χ0n) is 14.3. The maximum Gasteiger partial charge on any atom is 0.161 e. The molecule has 0 radical (unpaired) electrons. The van der Waals surface area contributed by atoms with Crippen LogP contribution in [0.4, 0.5) is 5.69 Å². The van der Waals surface area contributed by atoms with E-state index in [2.05, 4.69) is 82.5 Å². The Morgan fingerprint density at radius 3 is 2.62 bits per heavy atom. The number of anilines is 1. The van der Waals surface area contributed by atoms with Crippen LogP contribution < -0.4 is 5.32 Å². The monoisotopic (exact) mass is 451 g/mol. The molecule has 26 heavy (non-hydrogen) atoms. The van der Waals surface area contributed by atoms with Gasteiger partial charge in [0.1, 0.15) is 0 Å². The Morgan fingerprint density at radius 2 is 1.73 bits per heavy atom. The van der Waals surface area contributed by atoms with Gasteiger partial charge in [0, 0.05) is 26.8 Å². The minimum absolute atomic E-state index is 0.0560. The summed E-state index contributed by atoms with van der Waals surface area (Å²) >= 11 is 2.37. The van der Waals surface area contributed by atoms with Crippen molar-refractivity contribution < 1.29 is 4.79 Å². The van der Waals surface area contributed by atoms with Crippen LogP contribution in [-0.4, -0.2) is 5.78 Å². The molecule has 0 unspecified atom stereocenters. The number of hydrogen-bond acceptors (Lipinski definition) is 2. The van der Waals surface area contributed by atoms with Gasteiger partial charge in [-0.3, -0.25) is 4.79 Å². The van der Waals surface area contributed by atoms with Gasteiger partial charge >= 0.3 is 0 Å². The summed E-state index contributed by atoms with van der Waals surface area (Å²) in [5.74, 6) is 0.294. The van der Waals surface area contributed by atoms with E-state index in [1.54, 1.807) is 0 Å². The highest BCUT2D eigenvalue weighted by Gasteiger charge is 2.35. The fraction of sp³-hybridized carbons (Fsp3) is 0.174. The van der Waals surface area contributed by atoms with E-state index in [0.29, 0.717) is 12.2 Å². The second-order valence-corrected chi connectivity index (χ2v) is 8.14. The summed E-state index contributed by atoms with van der Waals surface area (Å²) in [5, 5.41) is 6.16. The normalized spacial score (nSPS) is 19.1. The molecule has 0 saturated heterocycles. The summed E-state index contributed by atoms with van der Waals surface area (Å²) in [6.45, 7) is 0. The molecule has 3 heteroatoms. The molecule has 1 aliphatic heterocycles. The molecule has 128 valence electrons. The molecule has 0 fully saturated rings. The van der Waals surface area contributed by atoms with E-state index in [9.17, 15) is 4.79 Å². The molecule has 1 N–H and O–H groups in total. The third kappa shape index (κ3) is 2.41. The largest absolute Gasteiger partial charge is 0.373 e. The molecule has 0 aromatic heterocycles. The highest BCUT2D eigenvalue weighted by molar-refractivity contribution is 14.1. The van der Waals surface area contributed by atoms with Crippen molar-refractivity contribution in [2.45, 2.75) is 25.3 Å². The van der Waals surface area contributed by atoms with E-state index in [1.807, 2.05) is 6.07 Å². The second kappa shape index (κ2) is 6.23. The zero-order chi connectivity index (χ0) is 17.7. The van der Waals surface area contributed by atoms with E-state index < -0.39 is 0 Å². The number of ketones is 1. The number of benzene rings is 3. The topological polar surface area (TPSA) is 29.1 Å². The number of carbonyl (C=O) groups excluding carboxylic acids is 1. The van der Waals surface area contributed by atoms with Gasteiger partial charge in [-0.25, -0.2) is 0 Å². The fourth-order valence-corrected chi connectivity index (χ4v) is 5.04. The van der Waals surface area contributed by atoms with Crippen molar-refractivity contribution in [3.63, 3.8) is 0 Å². The molecule has 1 aliphatic carbocycles. The standard InChI is InChI=1S/C23H18INO/c24-18-10-4-3-8-16(18)23-22-17(9-5-11-20(22)26)21-15-7-2-1-6-14(15)12-13-19(21)25-23/h1-4,6-8,10,12-13,23,25H,5,9,11H2/t23-/m1/s1. The average Bonchev–Trinajstić information content (AvgIpc) is 2.67. The highest BCUT2D eigenvalue weighted by Crippen LogP contribution is 2.48. The van der Waals surface area contributed by atoms with E-state index in [0.717, 1.165) is 24.1 Å². The van der Waals surface area contributed by atoms with Gasteiger partial charge in [0.05, 0.1) is 6.04 Å². The predicted molar refractivity (Wildman–Crippen MR) is 115 cm³/mol. The van der Waals surface area contributed by atoms with Crippen LogP contribution in [-0.2, 0) is 4.79 Å². The van der Waals surface area contributed by atoms with Crippen LogP contribution in [0.25, 0.3) is 16.3 Å². The minimum atomic E-state index is -0.0560. The van der Waals surface area contributed by atoms with Gasteiger partial charge in [0.2, 0.25) is 0 Å². The smallest absolute Gasteiger partial charge is 0.161 e. The Morgan fingerprint density at radius 1 is 0.923 bits per heavy atom. The quantitative estimate of drug-likeness (QED) is 0.452. The molecule has 3 aromatic carbocycles. The molecule has 3 aromatic rings. The lowest BCUT2D eigenvalue weighted by molar-refractivity contribution is -0.116. The molecule has 1 atom stereocenters. The van der Waals surface area contributed by atoms with Crippen LogP contribution in [0.15, 0.2) is 66.2 Å².